The highest BCUT2D eigenvalue weighted by Crippen LogP contribution is 2.20. The molecule has 0 aliphatic carbocycles. The Morgan fingerprint density at radius 3 is 2.67 bits per heavy atom. The molecule has 0 radical (unpaired) electrons. The fraction of sp³-hybridized carbons (Fsp3) is 0.222. The van der Waals surface area contributed by atoms with Crippen LogP contribution in [0.2, 0.25) is 0 Å². The third-order valence-corrected chi connectivity index (χ3v) is 2.42. The van der Waals surface area contributed by atoms with Crippen molar-refractivity contribution in [2.24, 2.45) is 5.73 Å². The van der Waals surface area contributed by atoms with E-state index in [9.17, 15) is 4.79 Å². The summed E-state index contributed by atoms with van der Waals surface area (Å²) in [6.07, 6.45) is 1.93. The van der Waals surface area contributed by atoms with Gasteiger partial charge in [-0.25, -0.2) is 0 Å². The molecule has 0 aromatic heterocycles. The number of primary amides is 1. The molecule has 0 bridgehead atoms. The summed E-state index contributed by atoms with van der Waals surface area (Å²) >= 11 is 1.53. The number of carbonyl (C=O) groups excluding carboxylic acids is 1. The van der Waals surface area contributed by atoms with Crippen molar-refractivity contribution in [3.8, 4) is 0 Å². The second-order valence-electron chi connectivity index (χ2n) is 2.57. The van der Waals surface area contributed by atoms with E-state index in [-0.39, 0.29) is 5.91 Å². The number of thioether (sulfide) groups is 1. The molecule has 1 aromatic rings. The first kappa shape index (κ1) is 9.13. The summed E-state index contributed by atoms with van der Waals surface area (Å²) < 4.78 is 0. The highest BCUT2D eigenvalue weighted by atomic mass is 32.2. The Morgan fingerprint density at radius 2 is 2.17 bits per heavy atom. The summed E-state index contributed by atoms with van der Waals surface area (Å²) in [5.41, 5.74) is 6.88. The molecule has 0 saturated carbocycles. The molecule has 2 N–H and O–H groups in total. The molecule has 64 valence electrons. The molecule has 0 saturated heterocycles. The van der Waals surface area contributed by atoms with Gasteiger partial charge in [0.05, 0.1) is 5.56 Å². The second-order valence-corrected chi connectivity index (χ2v) is 3.42. The number of benzene rings is 1. The standard InChI is InChI=1S/C9H11NOS/c1-6-3-4-8(12-2)7(5-6)9(10)11/h3-5H,1-2H3,(H2,10,11). The third-order valence-electron chi connectivity index (χ3n) is 1.62. The fourth-order valence-corrected chi connectivity index (χ4v) is 1.60. The molecule has 0 atom stereocenters. The molecular weight excluding hydrogens is 170 g/mol. The van der Waals surface area contributed by atoms with Gasteiger partial charge in [0.2, 0.25) is 5.91 Å². The van der Waals surface area contributed by atoms with E-state index in [1.54, 1.807) is 0 Å². The van der Waals surface area contributed by atoms with Crippen molar-refractivity contribution < 1.29 is 4.79 Å². The zero-order valence-electron chi connectivity index (χ0n) is 7.13. The van der Waals surface area contributed by atoms with Crippen molar-refractivity contribution in [3.63, 3.8) is 0 Å². The van der Waals surface area contributed by atoms with Crippen molar-refractivity contribution in [2.45, 2.75) is 11.8 Å². The van der Waals surface area contributed by atoms with Gasteiger partial charge in [-0.15, -0.1) is 11.8 Å². The number of nitrogens with two attached hydrogens (primary N) is 1. The fourth-order valence-electron chi connectivity index (χ4n) is 1.01. The summed E-state index contributed by atoms with van der Waals surface area (Å²) in [7, 11) is 0. The Labute approximate surface area is 76.2 Å². The van der Waals surface area contributed by atoms with Crippen LogP contribution in [0.4, 0.5) is 0 Å². The molecule has 0 fully saturated rings. The molecule has 12 heavy (non-hydrogen) atoms. The first-order valence-electron chi connectivity index (χ1n) is 3.59. The second kappa shape index (κ2) is 3.63. The van der Waals surface area contributed by atoms with Crippen LogP contribution >= 0.6 is 11.8 Å². The van der Waals surface area contributed by atoms with Gasteiger partial charge in [-0.2, -0.15) is 0 Å². The van der Waals surface area contributed by atoms with Crippen LogP contribution < -0.4 is 5.73 Å². The van der Waals surface area contributed by atoms with Crippen molar-refractivity contribution in [1.82, 2.24) is 0 Å². The highest BCUT2D eigenvalue weighted by molar-refractivity contribution is 7.98. The van der Waals surface area contributed by atoms with Gasteiger partial charge in [0, 0.05) is 4.90 Å². The van der Waals surface area contributed by atoms with Crippen LogP contribution in [0.3, 0.4) is 0 Å². The molecule has 1 amide bonds. The summed E-state index contributed by atoms with van der Waals surface area (Å²) in [5, 5.41) is 0. The summed E-state index contributed by atoms with van der Waals surface area (Å²) in [5.74, 6) is -0.358. The van der Waals surface area contributed by atoms with E-state index in [0.717, 1.165) is 10.5 Å². The zero-order valence-corrected chi connectivity index (χ0v) is 7.94. The molecule has 0 unspecified atom stereocenters. The number of carbonyl (C=O) groups is 1. The minimum absolute atomic E-state index is 0.358. The lowest BCUT2D eigenvalue weighted by molar-refractivity contribution is 0.0997. The van der Waals surface area contributed by atoms with Crippen LogP contribution in [0, 0.1) is 6.92 Å². The first-order chi connectivity index (χ1) is 5.65. The first-order valence-corrected chi connectivity index (χ1v) is 4.82. The van der Waals surface area contributed by atoms with E-state index in [1.807, 2.05) is 31.4 Å². The molecule has 1 aromatic carbocycles. The van der Waals surface area contributed by atoms with Crippen LogP contribution in [0.5, 0.6) is 0 Å². The summed E-state index contributed by atoms with van der Waals surface area (Å²) in [6, 6.07) is 5.70. The number of hydrogen-bond acceptors (Lipinski definition) is 2. The van der Waals surface area contributed by atoms with Gasteiger partial charge < -0.3 is 5.73 Å². The zero-order chi connectivity index (χ0) is 9.14. The van der Waals surface area contributed by atoms with Gasteiger partial charge in [-0.1, -0.05) is 11.6 Å². The molecule has 0 aliphatic heterocycles. The average Bonchev–Trinajstić information content (AvgIpc) is 2.04. The van der Waals surface area contributed by atoms with Gasteiger partial charge in [0.15, 0.2) is 0 Å². The molecule has 0 heterocycles. The number of aryl methyl sites for hydroxylation is 1. The predicted molar refractivity (Wildman–Crippen MR) is 51.5 cm³/mol. The van der Waals surface area contributed by atoms with Crippen LogP contribution in [0.25, 0.3) is 0 Å². The monoisotopic (exact) mass is 181 g/mol. The maximum Gasteiger partial charge on any atom is 0.249 e. The van der Waals surface area contributed by atoms with Crippen molar-refractivity contribution in [3.05, 3.63) is 29.3 Å². The average molecular weight is 181 g/mol. The van der Waals surface area contributed by atoms with Crippen LogP contribution in [0.1, 0.15) is 15.9 Å². The quantitative estimate of drug-likeness (QED) is 0.707. The third kappa shape index (κ3) is 1.80. The van der Waals surface area contributed by atoms with E-state index in [4.69, 9.17) is 5.73 Å². The lowest BCUT2D eigenvalue weighted by Crippen LogP contribution is -2.12. The maximum atomic E-state index is 10.9. The lowest BCUT2D eigenvalue weighted by atomic mass is 10.1. The van der Waals surface area contributed by atoms with Crippen molar-refractivity contribution >= 4 is 17.7 Å². The number of rotatable bonds is 2. The largest absolute Gasteiger partial charge is 0.366 e. The molecule has 2 nitrogen and oxygen atoms in total. The number of amides is 1. The van der Waals surface area contributed by atoms with Crippen molar-refractivity contribution in [2.75, 3.05) is 6.26 Å². The topological polar surface area (TPSA) is 43.1 Å². The Morgan fingerprint density at radius 1 is 1.50 bits per heavy atom. The van der Waals surface area contributed by atoms with Gasteiger partial charge in [0.25, 0.3) is 0 Å². The van der Waals surface area contributed by atoms with E-state index < -0.39 is 0 Å². The van der Waals surface area contributed by atoms with Gasteiger partial charge in [-0.05, 0) is 25.3 Å². The predicted octanol–water partition coefficient (Wildman–Crippen LogP) is 1.82. The Kier molecular flexibility index (Phi) is 2.76. The van der Waals surface area contributed by atoms with Gasteiger partial charge in [0.1, 0.15) is 0 Å². The van der Waals surface area contributed by atoms with E-state index >= 15 is 0 Å². The molecule has 0 spiro atoms. The normalized spacial score (nSPS) is 9.83. The minimum Gasteiger partial charge on any atom is -0.366 e. The summed E-state index contributed by atoms with van der Waals surface area (Å²) in [6.45, 7) is 1.94. The SMILES string of the molecule is CSc1ccc(C)cc1C(N)=O. The van der Waals surface area contributed by atoms with Crippen LogP contribution in [-0.4, -0.2) is 12.2 Å². The molecule has 3 heteroatoms. The Bertz CT molecular complexity index is 309. The van der Waals surface area contributed by atoms with Crippen LogP contribution in [0.15, 0.2) is 23.1 Å². The van der Waals surface area contributed by atoms with E-state index in [2.05, 4.69) is 0 Å². The molecule has 1 rings (SSSR count). The molecular formula is C9H11NOS. The minimum atomic E-state index is -0.358. The maximum absolute atomic E-state index is 10.9. The van der Waals surface area contributed by atoms with Crippen LogP contribution in [-0.2, 0) is 0 Å². The Hall–Kier alpha value is -0.960. The van der Waals surface area contributed by atoms with Gasteiger partial charge >= 0.3 is 0 Å². The van der Waals surface area contributed by atoms with Crippen molar-refractivity contribution in [1.29, 1.82) is 0 Å². The Balaban J connectivity index is 3.21. The van der Waals surface area contributed by atoms with E-state index in [0.29, 0.717) is 5.56 Å². The summed E-state index contributed by atoms with van der Waals surface area (Å²) in [4.78, 5) is 11.9. The van der Waals surface area contributed by atoms with E-state index in [1.165, 1.54) is 11.8 Å². The van der Waals surface area contributed by atoms with Gasteiger partial charge in [-0.3, -0.25) is 4.79 Å². The number of hydrogen-bond donors (Lipinski definition) is 1. The lowest BCUT2D eigenvalue weighted by Gasteiger charge is -2.03. The highest BCUT2D eigenvalue weighted by Gasteiger charge is 2.06. The molecule has 0 aliphatic rings. The smallest absolute Gasteiger partial charge is 0.249 e.